The number of benzene rings is 2. The monoisotopic (exact) mass is 436 g/mol. The highest BCUT2D eigenvalue weighted by Gasteiger charge is 2.18. The van der Waals surface area contributed by atoms with Gasteiger partial charge in [0.15, 0.2) is 11.0 Å². The number of rotatable bonds is 8. The van der Waals surface area contributed by atoms with E-state index in [4.69, 9.17) is 14.0 Å². The lowest BCUT2D eigenvalue weighted by Crippen LogP contribution is -2.00. The van der Waals surface area contributed by atoms with E-state index in [1.807, 2.05) is 69.3 Å². The summed E-state index contributed by atoms with van der Waals surface area (Å²) in [6.45, 7) is 6.47. The Balaban J connectivity index is 1.72. The van der Waals surface area contributed by atoms with E-state index in [9.17, 15) is 0 Å². The van der Waals surface area contributed by atoms with Gasteiger partial charge in [-0.3, -0.25) is 4.57 Å². The Kier molecular flexibility index (Phi) is 6.27. The highest BCUT2D eigenvalue weighted by atomic mass is 32.2. The summed E-state index contributed by atoms with van der Waals surface area (Å²) in [5.41, 5.74) is 3.89. The van der Waals surface area contributed by atoms with E-state index in [0.29, 0.717) is 12.4 Å². The molecule has 0 saturated heterocycles. The smallest absolute Gasteiger partial charge is 0.196 e. The number of aryl methyl sites for hydroxylation is 2. The first kappa shape index (κ1) is 21.0. The largest absolute Gasteiger partial charge is 0.497 e. The lowest BCUT2D eigenvalue weighted by Gasteiger charge is -2.12. The number of thioether (sulfide) groups is 1. The van der Waals surface area contributed by atoms with Crippen LogP contribution in [0.4, 0.5) is 0 Å². The lowest BCUT2D eigenvalue weighted by atomic mass is 10.2. The van der Waals surface area contributed by atoms with E-state index in [2.05, 4.69) is 19.9 Å². The molecule has 0 unspecified atom stereocenters. The lowest BCUT2D eigenvalue weighted by molar-refractivity contribution is 0.340. The van der Waals surface area contributed by atoms with Gasteiger partial charge in [0, 0.05) is 22.6 Å². The van der Waals surface area contributed by atoms with Crippen LogP contribution in [0.15, 0.2) is 58.2 Å². The molecular weight excluding hydrogens is 412 g/mol. The molecule has 0 atom stereocenters. The number of hydrogen-bond donors (Lipinski definition) is 0. The molecule has 160 valence electrons. The minimum Gasteiger partial charge on any atom is -0.497 e. The Morgan fingerprint density at radius 2 is 1.68 bits per heavy atom. The number of aromatic nitrogens is 4. The molecule has 4 rings (SSSR count). The normalized spacial score (nSPS) is 11.0. The van der Waals surface area contributed by atoms with Gasteiger partial charge in [-0.2, -0.15) is 0 Å². The van der Waals surface area contributed by atoms with E-state index in [1.165, 1.54) is 0 Å². The van der Waals surface area contributed by atoms with Crippen molar-refractivity contribution in [1.29, 1.82) is 0 Å². The molecule has 0 spiro atoms. The Bertz CT molecular complexity index is 1130. The van der Waals surface area contributed by atoms with E-state index < -0.39 is 0 Å². The van der Waals surface area contributed by atoms with Crippen LogP contribution in [0.3, 0.4) is 0 Å². The Morgan fingerprint density at radius 3 is 2.29 bits per heavy atom. The first-order valence-electron chi connectivity index (χ1n) is 9.98. The molecule has 4 aromatic rings. The zero-order chi connectivity index (χ0) is 21.8. The molecule has 8 heteroatoms. The molecule has 0 saturated carbocycles. The fourth-order valence-electron chi connectivity index (χ4n) is 3.23. The second-order valence-corrected chi connectivity index (χ2v) is 7.83. The molecule has 7 nitrogen and oxygen atoms in total. The van der Waals surface area contributed by atoms with E-state index in [1.54, 1.807) is 18.9 Å². The van der Waals surface area contributed by atoms with Crippen LogP contribution in [-0.2, 0) is 5.75 Å². The van der Waals surface area contributed by atoms with Crippen LogP contribution < -0.4 is 9.47 Å². The van der Waals surface area contributed by atoms with E-state index in [-0.39, 0.29) is 0 Å². The predicted octanol–water partition coefficient (Wildman–Crippen LogP) is 5.24. The first-order valence-corrected chi connectivity index (χ1v) is 11.0. The Labute approximate surface area is 185 Å². The molecule has 0 aliphatic heterocycles. The SMILES string of the molecule is CCOc1ccc(-n2c(SCc3c(C)noc3C)nnc2-c2ccc(OC)cc2)cc1. The van der Waals surface area contributed by atoms with E-state index in [0.717, 1.165) is 50.7 Å². The summed E-state index contributed by atoms with van der Waals surface area (Å²) in [6, 6.07) is 15.8. The average Bonchev–Trinajstić information content (AvgIpc) is 3.36. The molecule has 2 heterocycles. The van der Waals surface area contributed by atoms with Gasteiger partial charge >= 0.3 is 0 Å². The van der Waals surface area contributed by atoms with E-state index >= 15 is 0 Å². The molecule has 0 radical (unpaired) electrons. The van der Waals surface area contributed by atoms with Crippen molar-refractivity contribution in [3.05, 3.63) is 65.5 Å². The third-order valence-electron chi connectivity index (χ3n) is 4.91. The number of ether oxygens (including phenoxy) is 2. The van der Waals surface area contributed by atoms with Gasteiger partial charge < -0.3 is 14.0 Å². The van der Waals surface area contributed by atoms with Gasteiger partial charge in [-0.25, -0.2) is 0 Å². The minimum absolute atomic E-state index is 0.627. The number of nitrogens with zero attached hydrogens (tertiary/aromatic N) is 4. The van der Waals surface area contributed by atoms with Gasteiger partial charge in [-0.05, 0) is 69.3 Å². The summed E-state index contributed by atoms with van der Waals surface area (Å²) in [4.78, 5) is 0. The standard InChI is InChI=1S/C23H24N4O3S/c1-5-29-20-12-8-18(9-13-20)27-22(17-6-10-19(28-4)11-7-17)24-25-23(27)31-14-21-15(2)26-30-16(21)3/h6-13H,5,14H2,1-4H3. The summed E-state index contributed by atoms with van der Waals surface area (Å²) in [7, 11) is 1.65. The zero-order valence-corrected chi connectivity index (χ0v) is 18.8. The molecule has 0 amide bonds. The second-order valence-electron chi connectivity index (χ2n) is 6.89. The highest BCUT2D eigenvalue weighted by molar-refractivity contribution is 7.98. The average molecular weight is 437 g/mol. The maximum atomic E-state index is 5.59. The number of methoxy groups -OCH3 is 1. The van der Waals surface area contributed by atoms with Crippen LogP contribution in [0.5, 0.6) is 11.5 Å². The van der Waals surface area contributed by atoms with Crippen molar-refractivity contribution in [2.75, 3.05) is 13.7 Å². The first-order chi connectivity index (χ1) is 15.1. The molecule has 31 heavy (non-hydrogen) atoms. The molecule has 0 bridgehead atoms. The molecule has 0 aliphatic rings. The van der Waals surface area contributed by atoms with Gasteiger partial charge in [-0.15, -0.1) is 10.2 Å². The Hall–Kier alpha value is -3.26. The molecule has 0 fully saturated rings. The summed E-state index contributed by atoms with van der Waals surface area (Å²) < 4.78 is 18.2. The van der Waals surface area contributed by atoms with Crippen LogP contribution >= 0.6 is 11.8 Å². The van der Waals surface area contributed by atoms with Gasteiger partial charge in [-0.1, -0.05) is 16.9 Å². The van der Waals surface area contributed by atoms with Gasteiger partial charge in [0.2, 0.25) is 0 Å². The Morgan fingerprint density at radius 1 is 0.968 bits per heavy atom. The van der Waals surface area contributed by atoms with Crippen molar-refractivity contribution >= 4 is 11.8 Å². The number of hydrogen-bond acceptors (Lipinski definition) is 7. The van der Waals surface area contributed by atoms with Crippen molar-refractivity contribution in [1.82, 2.24) is 19.9 Å². The van der Waals surface area contributed by atoms with Crippen LogP contribution in [0.2, 0.25) is 0 Å². The topological polar surface area (TPSA) is 75.2 Å². The second kappa shape index (κ2) is 9.26. The summed E-state index contributed by atoms with van der Waals surface area (Å²) >= 11 is 1.60. The molecule has 0 aliphatic carbocycles. The summed E-state index contributed by atoms with van der Waals surface area (Å²) in [5, 5.41) is 13.8. The van der Waals surface area contributed by atoms with Crippen LogP contribution in [0.25, 0.3) is 17.1 Å². The third-order valence-corrected chi connectivity index (χ3v) is 5.87. The summed E-state index contributed by atoms with van der Waals surface area (Å²) in [5.74, 6) is 3.90. The van der Waals surface area contributed by atoms with Crippen molar-refractivity contribution in [3.8, 4) is 28.6 Å². The predicted molar refractivity (Wildman–Crippen MR) is 120 cm³/mol. The maximum absolute atomic E-state index is 5.59. The van der Waals surface area contributed by atoms with Gasteiger partial charge in [0.25, 0.3) is 0 Å². The van der Waals surface area contributed by atoms with Gasteiger partial charge in [0.1, 0.15) is 17.3 Å². The third kappa shape index (κ3) is 4.44. The van der Waals surface area contributed by atoms with Crippen molar-refractivity contribution in [3.63, 3.8) is 0 Å². The van der Waals surface area contributed by atoms with Crippen molar-refractivity contribution < 1.29 is 14.0 Å². The molecular formula is C23H24N4O3S. The molecule has 2 aromatic carbocycles. The summed E-state index contributed by atoms with van der Waals surface area (Å²) in [6.07, 6.45) is 0. The van der Waals surface area contributed by atoms with Crippen molar-refractivity contribution in [2.45, 2.75) is 31.7 Å². The van der Waals surface area contributed by atoms with Crippen LogP contribution in [-0.4, -0.2) is 33.6 Å². The quantitative estimate of drug-likeness (QED) is 0.350. The molecule has 2 aromatic heterocycles. The van der Waals surface area contributed by atoms with Crippen LogP contribution in [0.1, 0.15) is 23.9 Å². The maximum Gasteiger partial charge on any atom is 0.196 e. The highest BCUT2D eigenvalue weighted by Crippen LogP contribution is 2.32. The molecule has 0 N–H and O–H groups in total. The minimum atomic E-state index is 0.627. The van der Waals surface area contributed by atoms with Gasteiger partial charge in [0.05, 0.1) is 19.4 Å². The fourth-order valence-corrected chi connectivity index (χ4v) is 4.33. The van der Waals surface area contributed by atoms with Crippen LogP contribution in [0, 0.1) is 13.8 Å². The fraction of sp³-hybridized carbons (Fsp3) is 0.261. The zero-order valence-electron chi connectivity index (χ0n) is 18.0. The van der Waals surface area contributed by atoms with Crippen molar-refractivity contribution in [2.24, 2.45) is 0 Å².